The maximum Gasteiger partial charge on any atom is 0.270 e. The van der Waals surface area contributed by atoms with E-state index in [0.717, 1.165) is 12.1 Å². The van der Waals surface area contributed by atoms with Crippen LogP contribution in [-0.4, -0.2) is 36.1 Å². The third-order valence-corrected chi connectivity index (χ3v) is 3.88. The van der Waals surface area contributed by atoms with E-state index in [-0.39, 0.29) is 11.3 Å². The van der Waals surface area contributed by atoms with Crippen LogP contribution in [0, 0.1) is 6.92 Å². The van der Waals surface area contributed by atoms with Crippen LogP contribution in [0.1, 0.15) is 49.1 Å². The van der Waals surface area contributed by atoms with E-state index in [0.29, 0.717) is 30.5 Å². The van der Waals surface area contributed by atoms with Crippen LogP contribution < -0.4 is 10.6 Å². The molecule has 0 unspecified atom stereocenters. The van der Waals surface area contributed by atoms with Crippen molar-refractivity contribution in [3.8, 4) is 0 Å². The Hall–Kier alpha value is -2.47. The van der Waals surface area contributed by atoms with Crippen molar-refractivity contribution in [3.63, 3.8) is 0 Å². The van der Waals surface area contributed by atoms with Crippen molar-refractivity contribution in [3.05, 3.63) is 47.4 Å². The first kappa shape index (κ1) is 19.8. The van der Waals surface area contributed by atoms with Gasteiger partial charge in [-0.2, -0.15) is 0 Å². The molecule has 2 N–H and O–H groups in total. The first-order valence-corrected chi connectivity index (χ1v) is 8.80. The molecular weight excluding hydrogens is 328 g/mol. The Labute approximate surface area is 155 Å². The van der Waals surface area contributed by atoms with Gasteiger partial charge in [0.25, 0.3) is 5.91 Å². The van der Waals surface area contributed by atoms with Crippen molar-refractivity contribution >= 4 is 17.4 Å². The lowest BCUT2D eigenvalue weighted by Crippen LogP contribution is -2.26. The number of ether oxygens (including phenoxy) is 1. The summed E-state index contributed by atoms with van der Waals surface area (Å²) in [6.45, 7) is 9.43. The number of nitrogens with one attached hydrogen (secondary N) is 2. The summed E-state index contributed by atoms with van der Waals surface area (Å²) in [5.74, 6) is 0.945. The monoisotopic (exact) mass is 356 g/mol. The lowest BCUT2D eigenvalue weighted by atomic mass is 9.86. The van der Waals surface area contributed by atoms with Gasteiger partial charge in [-0.1, -0.05) is 39.0 Å². The highest BCUT2D eigenvalue weighted by Gasteiger charge is 2.18. The highest BCUT2D eigenvalue weighted by molar-refractivity contribution is 5.93. The molecule has 26 heavy (non-hydrogen) atoms. The summed E-state index contributed by atoms with van der Waals surface area (Å²) in [4.78, 5) is 21.0. The fourth-order valence-electron chi connectivity index (χ4n) is 2.64. The second-order valence-corrected chi connectivity index (χ2v) is 7.21. The van der Waals surface area contributed by atoms with E-state index in [1.54, 1.807) is 20.1 Å². The highest BCUT2D eigenvalue weighted by atomic mass is 16.5. The van der Waals surface area contributed by atoms with Crippen molar-refractivity contribution in [2.45, 2.75) is 39.5 Å². The first-order chi connectivity index (χ1) is 12.3. The SMILES string of the molecule is COCCCNC(=O)c1cc(Nc2ccccc2C(C)(C)C)nc(C)n1. The van der Waals surface area contributed by atoms with E-state index in [9.17, 15) is 4.79 Å². The van der Waals surface area contributed by atoms with Gasteiger partial charge < -0.3 is 15.4 Å². The van der Waals surface area contributed by atoms with Crippen LogP contribution in [0.2, 0.25) is 0 Å². The minimum atomic E-state index is -0.209. The van der Waals surface area contributed by atoms with Gasteiger partial charge in [-0.05, 0) is 30.4 Å². The molecule has 0 bridgehead atoms. The molecule has 0 saturated carbocycles. The molecule has 0 aliphatic carbocycles. The number of hydrogen-bond acceptors (Lipinski definition) is 5. The molecule has 0 saturated heterocycles. The summed E-state index contributed by atoms with van der Waals surface area (Å²) >= 11 is 0. The summed E-state index contributed by atoms with van der Waals surface area (Å²) in [5.41, 5.74) is 2.50. The third-order valence-electron chi connectivity index (χ3n) is 3.88. The van der Waals surface area contributed by atoms with Gasteiger partial charge in [0.15, 0.2) is 0 Å². The van der Waals surface area contributed by atoms with Gasteiger partial charge in [0.05, 0.1) is 0 Å². The highest BCUT2D eigenvalue weighted by Crippen LogP contribution is 2.30. The molecular formula is C20H28N4O2. The van der Waals surface area contributed by atoms with Crippen molar-refractivity contribution < 1.29 is 9.53 Å². The van der Waals surface area contributed by atoms with Crippen LogP contribution in [0.4, 0.5) is 11.5 Å². The Morgan fingerprint density at radius 3 is 2.62 bits per heavy atom. The second-order valence-electron chi connectivity index (χ2n) is 7.21. The molecule has 0 fully saturated rings. The predicted molar refractivity (Wildman–Crippen MR) is 104 cm³/mol. The maximum atomic E-state index is 12.3. The van der Waals surface area contributed by atoms with Crippen LogP contribution in [0.5, 0.6) is 0 Å². The van der Waals surface area contributed by atoms with E-state index in [4.69, 9.17) is 4.74 Å². The fourth-order valence-corrected chi connectivity index (χ4v) is 2.64. The lowest BCUT2D eigenvalue weighted by Gasteiger charge is -2.23. The van der Waals surface area contributed by atoms with E-state index >= 15 is 0 Å². The van der Waals surface area contributed by atoms with Crippen LogP contribution in [0.3, 0.4) is 0 Å². The molecule has 1 aromatic heterocycles. The van der Waals surface area contributed by atoms with Gasteiger partial charge in [0.1, 0.15) is 17.3 Å². The minimum Gasteiger partial charge on any atom is -0.385 e. The Kier molecular flexibility index (Phi) is 6.69. The number of aromatic nitrogens is 2. The zero-order chi connectivity index (χ0) is 19.2. The third kappa shape index (κ3) is 5.52. The largest absolute Gasteiger partial charge is 0.385 e. The summed E-state index contributed by atoms with van der Waals surface area (Å²) in [6, 6.07) is 9.80. The minimum absolute atomic E-state index is 0.00672. The van der Waals surface area contributed by atoms with Crippen LogP contribution in [0.15, 0.2) is 30.3 Å². The van der Waals surface area contributed by atoms with Gasteiger partial charge in [-0.25, -0.2) is 9.97 Å². The van der Waals surface area contributed by atoms with Gasteiger partial charge in [-0.15, -0.1) is 0 Å². The molecule has 0 spiro atoms. The number of carbonyl (C=O) groups is 1. The number of rotatable bonds is 7. The predicted octanol–water partition coefficient (Wildman–Crippen LogP) is 3.59. The zero-order valence-electron chi connectivity index (χ0n) is 16.2. The number of benzene rings is 1. The standard InChI is InChI=1S/C20H28N4O2/c1-14-22-17(19(25)21-11-8-12-26-5)13-18(23-14)24-16-10-7-6-9-15(16)20(2,3)4/h6-7,9-10,13H,8,11-12H2,1-5H3,(H,21,25)(H,22,23,24). The molecule has 6 heteroatoms. The number of hydrogen-bond donors (Lipinski definition) is 2. The van der Waals surface area contributed by atoms with Crippen LogP contribution in [-0.2, 0) is 10.2 Å². The van der Waals surface area contributed by atoms with Crippen LogP contribution in [0.25, 0.3) is 0 Å². The van der Waals surface area contributed by atoms with Crippen molar-refractivity contribution in [1.29, 1.82) is 0 Å². The number of nitrogens with zero attached hydrogens (tertiary/aromatic N) is 2. The van der Waals surface area contributed by atoms with E-state index in [1.807, 2.05) is 18.2 Å². The number of para-hydroxylation sites is 1. The Bertz CT molecular complexity index is 754. The first-order valence-electron chi connectivity index (χ1n) is 8.80. The molecule has 0 atom stereocenters. The number of methoxy groups -OCH3 is 1. The average Bonchev–Trinajstić information content (AvgIpc) is 2.57. The Morgan fingerprint density at radius 1 is 1.19 bits per heavy atom. The maximum absolute atomic E-state index is 12.3. The number of anilines is 2. The van der Waals surface area contributed by atoms with Crippen molar-refractivity contribution in [2.24, 2.45) is 0 Å². The van der Waals surface area contributed by atoms with E-state index in [1.165, 1.54) is 5.56 Å². The molecule has 2 rings (SSSR count). The molecule has 0 aliphatic rings. The normalized spacial score (nSPS) is 11.3. The van der Waals surface area contributed by atoms with E-state index in [2.05, 4.69) is 47.4 Å². The van der Waals surface area contributed by atoms with Gasteiger partial charge >= 0.3 is 0 Å². The van der Waals surface area contributed by atoms with Gasteiger partial charge in [0.2, 0.25) is 0 Å². The van der Waals surface area contributed by atoms with Crippen LogP contribution >= 0.6 is 0 Å². The topological polar surface area (TPSA) is 76.1 Å². The molecule has 2 aromatic rings. The molecule has 0 aliphatic heterocycles. The molecule has 1 heterocycles. The summed E-state index contributed by atoms with van der Waals surface area (Å²) in [5, 5.41) is 6.19. The zero-order valence-corrected chi connectivity index (χ0v) is 16.2. The number of amides is 1. The summed E-state index contributed by atoms with van der Waals surface area (Å²) in [6.07, 6.45) is 0.760. The molecule has 140 valence electrons. The summed E-state index contributed by atoms with van der Waals surface area (Å²) in [7, 11) is 1.64. The molecule has 1 aromatic carbocycles. The number of aryl methyl sites for hydroxylation is 1. The van der Waals surface area contributed by atoms with Crippen molar-refractivity contribution in [2.75, 3.05) is 25.6 Å². The van der Waals surface area contributed by atoms with Gasteiger partial charge in [-0.3, -0.25) is 4.79 Å². The molecule has 1 amide bonds. The average molecular weight is 356 g/mol. The second kappa shape index (κ2) is 8.76. The smallest absolute Gasteiger partial charge is 0.270 e. The molecule has 6 nitrogen and oxygen atoms in total. The Morgan fingerprint density at radius 2 is 1.92 bits per heavy atom. The van der Waals surface area contributed by atoms with E-state index < -0.39 is 0 Å². The number of carbonyl (C=O) groups excluding carboxylic acids is 1. The summed E-state index contributed by atoms with van der Waals surface area (Å²) < 4.78 is 4.99. The van der Waals surface area contributed by atoms with Crippen molar-refractivity contribution in [1.82, 2.24) is 15.3 Å². The van der Waals surface area contributed by atoms with Gasteiger partial charge in [0, 0.05) is 32.0 Å². The fraction of sp³-hybridized carbons (Fsp3) is 0.450. The quantitative estimate of drug-likeness (QED) is 0.742. The molecule has 0 radical (unpaired) electrons. The lowest BCUT2D eigenvalue weighted by molar-refractivity contribution is 0.0943. The Balaban J connectivity index is 2.19.